The third-order valence-corrected chi connectivity index (χ3v) is 4.60. The minimum atomic E-state index is 0.421. The maximum atomic E-state index is 6.20. The number of hydrogen-bond donors (Lipinski definition) is 1. The van der Waals surface area contributed by atoms with Gasteiger partial charge in [-0.1, -0.05) is 18.5 Å². The maximum Gasteiger partial charge on any atom is 0.0542 e. The number of likely N-dealkylation sites (N-methyl/N-ethyl adjacent to an activating group) is 1. The third-order valence-electron chi connectivity index (χ3n) is 4.37. The first kappa shape index (κ1) is 13.2. The smallest absolute Gasteiger partial charge is 0.0542 e. The van der Waals surface area contributed by atoms with Gasteiger partial charge >= 0.3 is 0 Å². The third kappa shape index (κ3) is 2.47. The average molecular weight is 280 g/mol. The Labute approximate surface area is 120 Å². The zero-order valence-electron chi connectivity index (χ0n) is 11.7. The molecule has 2 aliphatic heterocycles. The summed E-state index contributed by atoms with van der Waals surface area (Å²) in [4.78, 5) is 4.99. The Bertz CT molecular complexity index is 463. The van der Waals surface area contributed by atoms with Crippen molar-refractivity contribution < 1.29 is 0 Å². The van der Waals surface area contributed by atoms with Crippen molar-refractivity contribution in [1.82, 2.24) is 10.2 Å². The molecule has 2 aliphatic rings. The minimum absolute atomic E-state index is 0.421. The number of nitrogens with one attached hydrogen (secondary N) is 1. The van der Waals surface area contributed by atoms with Crippen LogP contribution in [0.25, 0.3) is 0 Å². The summed E-state index contributed by atoms with van der Waals surface area (Å²) in [5.74, 6) is 0. The van der Waals surface area contributed by atoms with E-state index < -0.39 is 0 Å². The summed E-state index contributed by atoms with van der Waals surface area (Å²) in [6.45, 7) is 6.66. The van der Waals surface area contributed by atoms with E-state index in [2.05, 4.69) is 41.2 Å². The van der Waals surface area contributed by atoms with Gasteiger partial charge in [-0.05, 0) is 37.2 Å². The van der Waals surface area contributed by atoms with E-state index in [1.54, 1.807) is 0 Å². The van der Waals surface area contributed by atoms with Gasteiger partial charge in [-0.3, -0.25) is 0 Å². The zero-order chi connectivity index (χ0) is 13.4. The fraction of sp³-hybridized carbons (Fsp3) is 0.600. The van der Waals surface area contributed by atoms with Crippen molar-refractivity contribution in [2.75, 3.05) is 38.1 Å². The van der Waals surface area contributed by atoms with Crippen molar-refractivity contribution >= 4 is 17.3 Å². The van der Waals surface area contributed by atoms with Gasteiger partial charge in [0.2, 0.25) is 0 Å². The number of fused-ring (bicyclic) bond motifs is 3. The van der Waals surface area contributed by atoms with Gasteiger partial charge in [-0.25, -0.2) is 0 Å². The molecule has 0 bridgehead atoms. The van der Waals surface area contributed by atoms with E-state index in [-0.39, 0.29) is 0 Å². The predicted octanol–water partition coefficient (Wildman–Crippen LogP) is 2.51. The zero-order valence-corrected chi connectivity index (χ0v) is 12.5. The van der Waals surface area contributed by atoms with E-state index in [4.69, 9.17) is 11.6 Å². The number of hydrogen-bond acceptors (Lipinski definition) is 3. The lowest BCUT2D eigenvalue weighted by Gasteiger charge is -2.41. The molecule has 1 fully saturated rings. The van der Waals surface area contributed by atoms with Crippen LogP contribution in [0.2, 0.25) is 5.02 Å². The molecule has 104 valence electrons. The molecule has 0 unspecified atom stereocenters. The summed E-state index contributed by atoms with van der Waals surface area (Å²) in [6.07, 6.45) is 1.10. The molecule has 3 nitrogen and oxygen atoms in total. The quantitative estimate of drug-likeness (QED) is 0.852. The van der Waals surface area contributed by atoms with Gasteiger partial charge in [0.25, 0.3) is 0 Å². The fourth-order valence-corrected chi connectivity index (χ4v) is 3.50. The van der Waals surface area contributed by atoms with Gasteiger partial charge in [0, 0.05) is 42.9 Å². The molecule has 0 saturated carbocycles. The van der Waals surface area contributed by atoms with Gasteiger partial charge in [0.05, 0.1) is 6.04 Å². The van der Waals surface area contributed by atoms with Crippen LogP contribution in [0.5, 0.6) is 0 Å². The number of piperazine rings is 1. The predicted molar refractivity (Wildman–Crippen MR) is 81.1 cm³/mol. The lowest BCUT2D eigenvalue weighted by atomic mass is 10.0. The van der Waals surface area contributed by atoms with Crippen molar-refractivity contribution in [3.8, 4) is 0 Å². The molecule has 19 heavy (non-hydrogen) atoms. The molecule has 1 N–H and O–H groups in total. The highest BCUT2D eigenvalue weighted by atomic mass is 35.5. The van der Waals surface area contributed by atoms with Gasteiger partial charge in [0.15, 0.2) is 0 Å². The van der Waals surface area contributed by atoms with Crippen molar-refractivity contribution in [1.29, 1.82) is 0 Å². The summed E-state index contributed by atoms with van der Waals surface area (Å²) in [5, 5.41) is 4.55. The van der Waals surface area contributed by atoms with Crippen molar-refractivity contribution in [2.24, 2.45) is 0 Å². The van der Waals surface area contributed by atoms with E-state index in [9.17, 15) is 0 Å². The van der Waals surface area contributed by atoms with Gasteiger partial charge < -0.3 is 15.1 Å². The number of rotatable bonds is 1. The minimum Gasteiger partial charge on any atom is -0.364 e. The van der Waals surface area contributed by atoms with Crippen LogP contribution in [0.15, 0.2) is 18.2 Å². The summed E-state index contributed by atoms with van der Waals surface area (Å²) >= 11 is 6.20. The van der Waals surface area contributed by atoms with E-state index in [1.807, 2.05) is 6.07 Å². The second-order valence-electron chi connectivity index (χ2n) is 5.68. The lowest BCUT2D eigenvalue weighted by Crippen LogP contribution is -2.54. The van der Waals surface area contributed by atoms with Crippen LogP contribution in [0.1, 0.15) is 24.9 Å². The van der Waals surface area contributed by atoms with E-state index in [0.717, 1.165) is 37.6 Å². The first-order valence-corrected chi connectivity index (χ1v) is 7.55. The molecule has 1 aromatic rings. The Kier molecular flexibility index (Phi) is 3.70. The molecule has 0 amide bonds. The number of halogens is 1. The molecular formula is C15H22ClN3. The van der Waals surface area contributed by atoms with Crippen LogP contribution in [-0.2, 0) is 0 Å². The summed E-state index contributed by atoms with van der Waals surface area (Å²) in [5.41, 5.74) is 2.74. The second kappa shape index (κ2) is 5.31. The lowest BCUT2D eigenvalue weighted by molar-refractivity contribution is 0.263. The molecule has 1 saturated heterocycles. The molecule has 4 heteroatoms. The average Bonchev–Trinajstić information content (AvgIpc) is 2.54. The Morgan fingerprint density at radius 2 is 2.21 bits per heavy atom. The van der Waals surface area contributed by atoms with Crippen LogP contribution in [0.4, 0.5) is 5.69 Å². The molecule has 1 aromatic carbocycles. The van der Waals surface area contributed by atoms with E-state index in [1.165, 1.54) is 11.3 Å². The van der Waals surface area contributed by atoms with Crippen molar-refractivity contribution in [3.05, 3.63) is 28.8 Å². The fourth-order valence-electron chi connectivity index (χ4n) is 3.32. The van der Waals surface area contributed by atoms with Crippen LogP contribution in [-0.4, -0.2) is 44.2 Å². The standard InChI is InChI=1S/C15H22ClN3/c1-3-14-13-8-11(16)4-5-15(13)19-7-6-18(2)10-12(19)9-17-14/h4-5,8,12,14,17H,3,6-7,9-10H2,1-2H3/t12-,14-/m0/s1. The SMILES string of the molecule is CC[C@@H]1NC[C@H]2CN(C)CCN2c2ccc(Cl)cc21. The van der Waals surface area contributed by atoms with E-state index in [0.29, 0.717) is 12.1 Å². The highest BCUT2D eigenvalue weighted by Crippen LogP contribution is 2.35. The highest BCUT2D eigenvalue weighted by molar-refractivity contribution is 6.30. The van der Waals surface area contributed by atoms with Crippen LogP contribution >= 0.6 is 11.6 Å². The first-order chi connectivity index (χ1) is 9.19. The van der Waals surface area contributed by atoms with Gasteiger partial charge in [-0.2, -0.15) is 0 Å². The molecule has 0 radical (unpaired) electrons. The monoisotopic (exact) mass is 279 g/mol. The van der Waals surface area contributed by atoms with Crippen molar-refractivity contribution in [2.45, 2.75) is 25.4 Å². The maximum absolute atomic E-state index is 6.20. The molecule has 0 aliphatic carbocycles. The van der Waals surface area contributed by atoms with Gasteiger partial charge in [-0.15, -0.1) is 0 Å². The number of anilines is 1. The van der Waals surface area contributed by atoms with Crippen molar-refractivity contribution in [3.63, 3.8) is 0 Å². The van der Waals surface area contributed by atoms with E-state index >= 15 is 0 Å². The van der Waals surface area contributed by atoms with Gasteiger partial charge in [0.1, 0.15) is 0 Å². The Hall–Kier alpha value is -0.770. The molecular weight excluding hydrogens is 258 g/mol. The Morgan fingerprint density at radius 1 is 1.37 bits per heavy atom. The number of benzene rings is 1. The largest absolute Gasteiger partial charge is 0.364 e. The topological polar surface area (TPSA) is 18.5 Å². The van der Waals surface area contributed by atoms with Crippen LogP contribution < -0.4 is 10.2 Å². The molecule has 0 aromatic heterocycles. The number of nitrogens with zero attached hydrogens (tertiary/aromatic N) is 2. The highest BCUT2D eigenvalue weighted by Gasteiger charge is 2.31. The molecule has 3 rings (SSSR count). The normalized spacial score (nSPS) is 27.6. The Balaban J connectivity index is 2.01. The summed E-state index contributed by atoms with van der Waals surface area (Å²) < 4.78 is 0. The van der Waals surface area contributed by atoms with Crippen LogP contribution in [0, 0.1) is 0 Å². The summed E-state index contributed by atoms with van der Waals surface area (Å²) in [7, 11) is 2.21. The second-order valence-corrected chi connectivity index (χ2v) is 6.12. The Morgan fingerprint density at radius 3 is 3.00 bits per heavy atom. The first-order valence-electron chi connectivity index (χ1n) is 7.17. The molecule has 0 spiro atoms. The molecule has 2 atom stereocenters. The summed E-state index contributed by atoms with van der Waals surface area (Å²) in [6, 6.07) is 7.35. The van der Waals surface area contributed by atoms with Crippen LogP contribution in [0.3, 0.4) is 0 Å². The molecule has 2 heterocycles.